The third-order valence-corrected chi connectivity index (χ3v) is 2.81. The van der Waals surface area contributed by atoms with Crippen LogP contribution < -0.4 is 5.32 Å². The molecule has 1 saturated heterocycles. The fourth-order valence-corrected chi connectivity index (χ4v) is 1.78. The van der Waals surface area contributed by atoms with Crippen LogP contribution in [0.4, 0.5) is 8.78 Å². The summed E-state index contributed by atoms with van der Waals surface area (Å²) >= 11 is 0. The molecule has 2 fully saturated rings. The Kier molecular flexibility index (Phi) is 1.83. The van der Waals surface area contributed by atoms with E-state index >= 15 is 0 Å². The summed E-state index contributed by atoms with van der Waals surface area (Å²) in [6.45, 7) is -0.301. The summed E-state index contributed by atoms with van der Waals surface area (Å²) in [5, 5.41) is 6.44. The highest BCUT2D eigenvalue weighted by Crippen LogP contribution is 2.40. The van der Waals surface area contributed by atoms with Crippen LogP contribution in [0, 0.1) is 0 Å². The molecule has 0 amide bonds. The molecule has 15 heavy (non-hydrogen) atoms. The van der Waals surface area contributed by atoms with Crippen LogP contribution >= 0.6 is 0 Å². The van der Waals surface area contributed by atoms with Gasteiger partial charge in [0, 0.05) is 12.3 Å². The third kappa shape index (κ3) is 1.73. The van der Waals surface area contributed by atoms with E-state index in [-0.39, 0.29) is 13.0 Å². The van der Waals surface area contributed by atoms with Crippen molar-refractivity contribution in [2.24, 2.45) is 0 Å². The van der Waals surface area contributed by atoms with E-state index in [9.17, 15) is 8.78 Å². The zero-order valence-corrected chi connectivity index (χ0v) is 8.04. The number of aromatic nitrogens is 2. The first-order chi connectivity index (χ1) is 7.14. The summed E-state index contributed by atoms with van der Waals surface area (Å²) in [6, 6.07) is -0.462. The molecule has 1 atom stereocenters. The summed E-state index contributed by atoms with van der Waals surface area (Å²) in [4.78, 5) is 4.15. The second-order valence-corrected chi connectivity index (χ2v) is 4.26. The predicted molar refractivity (Wildman–Crippen MR) is 46.6 cm³/mol. The number of rotatable bonds is 2. The molecule has 1 aliphatic heterocycles. The molecule has 2 heterocycles. The third-order valence-electron chi connectivity index (χ3n) is 2.81. The second-order valence-electron chi connectivity index (χ2n) is 4.26. The molecule has 0 radical (unpaired) electrons. The lowest BCUT2D eigenvalue weighted by Crippen LogP contribution is -2.19. The maximum absolute atomic E-state index is 12.9. The van der Waals surface area contributed by atoms with Crippen LogP contribution in [0.15, 0.2) is 4.52 Å². The molecule has 4 nitrogen and oxygen atoms in total. The molecule has 1 aromatic heterocycles. The van der Waals surface area contributed by atoms with E-state index in [0.717, 1.165) is 12.8 Å². The van der Waals surface area contributed by atoms with E-state index in [4.69, 9.17) is 4.52 Å². The SMILES string of the molecule is FC1(F)CN[C@@H](c2noc(C3CC3)n2)C1. The van der Waals surface area contributed by atoms with Gasteiger partial charge in [-0.05, 0) is 12.8 Å². The van der Waals surface area contributed by atoms with Crippen molar-refractivity contribution in [3.8, 4) is 0 Å². The molecule has 1 N–H and O–H groups in total. The highest BCUT2D eigenvalue weighted by molar-refractivity contribution is 5.06. The van der Waals surface area contributed by atoms with Crippen LogP contribution in [-0.2, 0) is 0 Å². The van der Waals surface area contributed by atoms with Gasteiger partial charge in [0.05, 0.1) is 12.6 Å². The highest BCUT2D eigenvalue weighted by Gasteiger charge is 2.42. The van der Waals surface area contributed by atoms with Crippen LogP contribution in [0.5, 0.6) is 0 Å². The summed E-state index contributed by atoms with van der Waals surface area (Å²) in [6.07, 6.45) is 1.89. The molecule has 1 saturated carbocycles. The lowest BCUT2D eigenvalue weighted by molar-refractivity contribution is 0.0207. The van der Waals surface area contributed by atoms with Gasteiger partial charge in [-0.3, -0.25) is 0 Å². The molecule has 3 rings (SSSR count). The van der Waals surface area contributed by atoms with E-state index in [1.807, 2.05) is 0 Å². The minimum atomic E-state index is -2.65. The van der Waals surface area contributed by atoms with Gasteiger partial charge in [0.15, 0.2) is 5.82 Å². The van der Waals surface area contributed by atoms with Gasteiger partial charge in [0.1, 0.15) is 0 Å². The number of halogens is 2. The average Bonchev–Trinajstić information content (AvgIpc) is 2.79. The molecule has 0 spiro atoms. The van der Waals surface area contributed by atoms with Gasteiger partial charge in [-0.15, -0.1) is 0 Å². The number of nitrogens with zero attached hydrogens (tertiary/aromatic N) is 2. The summed E-state index contributed by atoms with van der Waals surface area (Å²) < 4.78 is 30.8. The molecule has 0 aromatic carbocycles. The molecular weight excluding hydrogens is 204 g/mol. The topological polar surface area (TPSA) is 51.0 Å². The van der Waals surface area contributed by atoms with Gasteiger partial charge in [-0.25, -0.2) is 8.78 Å². The van der Waals surface area contributed by atoms with E-state index in [2.05, 4.69) is 15.5 Å². The minimum absolute atomic E-state index is 0.239. The lowest BCUT2D eigenvalue weighted by Gasteiger charge is -2.04. The summed E-state index contributed by atoms with van der Waals surface area (Å²) in [7, 11) is 0. The van der Waals surface area contributed by atoms with Crippen molar-refractivity contribution in [1.29, 1.82) is 0 Å². The Labute approximate surface area is 85.0 Å². The van der Waals surface area contributed by atoms with Gasteiger partial charge in [0.2, 0.25) is 5.89 Å². The summed E-state index contributed by atoms with van der Waals surface area (Å²) in [5.41, 5.74) is 0. The Morgan fingerprint density at radius 2 is 2.20 bits per heavy atom. The zero-order valence-electron chi connectivity index (χ0n) is 8.04. The Morgan fingerprint density at radius 1 is 1.40 bits per heavy atom. The standard InChI is InChI=1S/C9H11F2N3O/c10-9(11)3-6(12-4-9)7-13-8(15-14-7)5-1-2-5/h5-6,12H,1-4H2/t6-/m1/s1. The molecular formula is C9H11F2N3O. The molecule has 0 bridgehead atoms. The Balaban J connectivity index is 1.75. The van der Waals surface area contributed by atoms with Gasteiger partial charge < -0.3 is 9.84 Å². The fraction of sp³-hybridized carbons (Fsp3) is 0.778. The minimum Gasteiger partial charge on any atom is -0.339 e. The van der Waals surface area contributed by atoms with Crippen molar-refractivity contribution >= 4 is 0 Å². The van der Waals surface area contributed by atoms with Crippen LogP contribution in [0.25, 0.3) is 0 Å². The number of alkyl halides is 2. The maximum atomic E-state index is 12.9. The van der Waals surface area contributed by atoms with E-state index in [1.165, 1.54) is 0 Å². The van der Waals surface area contributed by atoms with Gasteiger partial charge in [-0.2, -0.15) is 4.98 Å². The number of nitrogens with one attached hydrogen (secondary N) is 1. The number of hydrogen-bond donors (Lipinski definition) is 1. The Bertz CT molecular complexity index is 375. The fourth-order valence-electron chi connectivity index (χ4n) is 1.78. The number of hydrogen-bond acceptors (Lipinski definition) is 4. The highest BCUT2D eigenvalue weighted by atomic mass is 19.3. The van der Waals surface area contributed by atoms with E-state index < -0.39 is 12.0 Å². The van der Waals surface area contributed by atoms with Crippen molar-refractivity contribution in [3.05, 3.63) is 11.7 Å². The normalized spacial score (nSPS) is 29.6. The van der Waals surface area contributed by atoms with Crippen molar-refractivity contribution in [1.82, 2.24) is 15.5 Å². The van der Waals surface area contributed by atoms with Crippen LogP contribution in [-0.4, -0.2) is 22.6 Å². The van der Waals surface area contributed by atoms with Crippen LogP contribution in [0.3, 0.4) is 0 Å². The molecule has 82 valence electrons. The Morgan fingerprint density at radius 3 is 2.80 bits per heavy atom. The molecule has 2 aliphatic rings. The van der Waals surface area contributed by atoms with Gasteiger partial charge in [-0.1, -0.05) is 5.16 Å². The van der Waals surface area contributed by atoms with E-state index in [1.54, 1.807) is 0 Å². The maximum Gasteiger partial charge on any atom is 0.262 e. The van der Waals surface area contributed by atoms with Crippen LogP contribution in [0.2, 0.25) is 0 Å². The van der Waals surface area contributed by atoms with Crippen molar-refractivity contribution in [2.75, 3.05) is 6.54 Å². The quantitative estimate of drug-likeness (QED) is 0.814. The first-order valence-corrected chi connectivity index (χ1v) is 5.09. The summed E-state index contributed by atoms with van der Waals surface area (Å²) in [5.74, 6) is -1.31. The molecule has 0 unspecified atom stereocenters. The molecule has 6 heteroatoms. The van der Waals surface area contributed by atoms with Crippen molar-refractivity contribution in [3.63, 3.8) is 0 Å². The lowest BCUT2D eigenvalue weighted by atomic mass is 10.2. The van der Waals surface area contributed by atoms with Gasteiger partial charge >= 0.3 is 0 Å². The van der Waals surface area contributed by atoms with Crippen LogP contribution in [0.1, 0.15) is 42.9 Å². The first kappa shape index (κ1) is 9.21. The second kappa shape index (κ2) is 2.98. The Hall–Kier alpha value is -1.04. The largest absolute Gasteiger partial charge is 0.339 e. The van der Waals surface area contributed by atoms with Crippen molar-refractivity contribution in [2.45, 2.75) is 37.1 Å². The average molecular weight is 215 g/mol. The first-order valence-electron chi connectivity index (χ1n) is 5.09. The van der Waals surface area contributed by atoms with Crippen molar-refractivity contribution < 1.29 is 13.3 Å². The monoisotopic (exact) mass is 215 g/mol. The van der Waals surface area contributed by atoms with Gasteiger partial charge in [0.25, 0.3) is 5.92 Å². The zero-order chi connectivity index (χ0) is 10.5. The van der Waals surface area contributed by atoms with E-state index in [0.29, 0.717) is 17.6 Å². The predicted octanol–water partition coefficient (Wildman–Crippen LogP) is 1.62. The molecule has 1 aromatic rings. The smallest absolute Gasteiger partial charge is 0.262 e. The molecule has 1 aliphatic carbocycles.